The molecule has 0 saturated heterocycles. The van der Waals surface area contributed by atoms with Crippen molar-refractivity contribution in [1.82, 2.24) is 0 Å². The van der Waals surface area contributed by atoms with Crippen LogP contribution in [0.2, 0.25) is 0 Å². The first kappa shape index (κ1) is 61.1. The Morgan fingerprint density at radius 1 is 0.302 bits per heavy atom. The molecule has 0 aromatic rings. The third kappa shape index (κ3) is 51.0. The van der Waals surface area contributed by atoms with Crippen molar-refractivity contribution < 1.29 is 28.6 Å². The highest BCUT2D eigenvalue weighted by molar-refractivity contribution is 5.71. The normalized spacial score (nSPS) is 12.0. The summed E-state index contributed by atoms with van der Waals surface area (Å²) >= 11 is 0. The number of esters is 3. The number of allylic oxidation sites excluding steroid dienone is 2. The first-order chi connectivity index (χ1) is 31.0. The van der Waals surface area contributed by atoms with Gasteiger partial charge in [0.1, 0.15) is 13.2 Å². The van der Waals surface area contributed by atoms with Crippen LogP contribution < -0.4 is 0 Å². The van der Waals surface area contributed by atoms with E-state index < -0.39 is 6.10 Å². The summed E-state index contributed by atoms with van der Waals surface area (Å²) in [7, 11) is 0. The molecule has 0 aliphatic rings. The van der Waals surface area contributed by atoms with Crippen molar-refractivity contribution in [3.63, 3.8) is 0 Å². The maximum Gasteiger partial charge on any atom is 0.306 e. The van der Waals surface area contributed by atoms with Gasteiger partial charge in [-0.2, -0.15) is 0 Å². The van der Waals surface area contributed by atoms with Crippen molar-refractivity contribution in [2.45, 2.75) is 322 Å². The molecular formula is C57H108O6. The summed E-state index contributed by atoms with van der Waals surface area (Å²) in [5, 5.41) is 0. The Hall–Kier alpha value is -1.85. The molecule has 6 heteroatoms. The van der Waals surface area contributed by atoms with Crippen LogP contribution in [0, 0.1) is 0 Å². The van der Waals surface area contributed by atoms with Gasteiger partial charge in [0.05, 0.1) is 0 Å². The average molecular weight is 889 g/mol. The second kappa shape index (κ2) is 52.8. The van der Waals surface area contributed by atoms with Gasteiger partial charge in [-0.05, 0) is 44.9 Å². The van der Waals surface area contributed by atoms with Crippen LogP contribution in [0.4, 0.5) is 0 Å². The molecule has 0 amide bonds. The van der Waals surface area contributed by atoms with E-state index in [2.05, 4.69) is 32.9 Å². The smallest absolute Gasteiger partial charge is 0.306 e. The van der Waals surface area contributed by atoms with Crippen LogP contribution in [-0.2, 0) is 28.6 Å². The lowest BCUT2D eigenvalue weighted by Crippen LogP contribution is -2.30. The molecule has 0 aliphatic carbocycles. The lowest BCUT2D eigenvalue weighted by atomic mass is 10.0. The van der Waals surface area contributed by atoms with Crippen molar-refractivity contribution in [1.29, 1.82) is 0 Å². The van der Waals surface area contributed by atoms with Gasteiger partial charge in [0.25, 0.3) is 0 Å². The molecular weight excluding hydrogens is 781 g/mol. The summed E-state index contributed by atoms with van der Waals surface area (Å²) < 4.78 is 16.5. The van der Waals surface area contributed by atoms with Crippen LogP contribution >= 0.6 is 0 Å². The monoisotopic (exact) mass is 889 g/mol. The largest absolute Gasteiger partial charge is 0.462 e. The van der Waals surface area contributed by atoms with E-state index in [9.17, 15) is 14.4 Å². The van der Waals surface area contributed by atoms with E-state index in [-0.39, 0.29) is 31.1 Å². The first-order valence-corrected chi connectivity index (χ1v) is 28.2. The molecule has 0 bridgehead atoms. The summed E-state index contributed by atoms with van der Waals surface area (Å²) in [6.07, 6.45) is 60.5. The molecule has 0 aliphatic heterocycles. The Bertz CT molecular complexity index is 978. The molecule has 0 N–H and O–H groups in total. The predicted molar refractivity (Wildman–Crippen MR) is 270 cm³/mol. The van der Waals surface area contributed by atoms with Gasteiger partial charge in [0.2, 0.25) is 0 Å². The summed E-state index contributed by atoms with van der Waals surface area (Å²) in [6, 6.07) is 0. The summed E-state index contributed by atoms with van der Waals surface area (Å²) in [6.45, 7) is 6.49. The van der Waals surface area contributed by atoms with Gasteiger partial charge in [-0.25, -0.2) is 0 Å². The van der Waals surface area contributed by atoms with Crippen molar-refractivity contribution >= 4 is 17.9 Å². The van der Waals surface area contributed by atoms with Gasteiger partial charge in [0, 0.05) is 19.3 Å². The van der Waals surface area contributed by atoms with Gasteiger partial charge in [-0.3, -0.25) is 14.4 Å². The van der Waals surface area contributed by atoms with Crippen molar-refractivity contribution in [2.24, 2.45) is 0 Å². The third-order valence-electron chi connectivity index (χ3n) is 12.8. The molecule has 0 rings (SSSR count). The number of ether oxygens (including phenoxy) is 3. The topological polar surface area (TPSA) is 78.9 Å². The molecule has 372 valence electrons. The Morgan fingerprint density at radius 2 is 0.524 bits per heavy atom. The predicted octanol–water partition coefficient (Wildman–Crippen LogP) is 18.5. The molecule has 6 nitrogen and oxygen atoms in total. The molecule has 0 aromatic heterocycles. The fourth-order valence-electron chi connectivity index (χ4n) is 8.50. The average Bonchev–Trinajstić information content (AvgIpc) is 3.28. The SMILES string of the molecule is CCCCCCCCCC/C=C\CCCCCCCCCCCCCCCCCCCCCCCCCC(=O)OCC(COC(=O)CCCCCCC)OC(=O)CCCCCCC. The third-order valence-corrected chi connectivity index (χ3v) is 12.8. The number of carbonyl (C=O) groups is 3. The second-order valence-electron chi connectivity index (χ2n) is 19.2. The van der Waals surface area contributed by atoms with E-state index in [1.54, 1.807) is 0 Å². The van der Waals surface area contributed by atoms with Crippen molar-refractivity contribution in [3.05, 3.63) is 12.2 Å². The number of hydrogen-bond donors (Lipinski definition) is 0. The van der Waals surface area contributed by atoms with Gasteiger partial charge in [-0.15, -0.1) is 0 Å². The Morgan fingerprint density at radius 3 is 0.794 bits per heavy atom. The van der Waals surface area contributed by atoms with Gasteiger partial charge >= 0.3 is 17.9 Å². The minimum Gasteiger partial charge on any atom is -0.462 e. The molecule has 0 spiro atoms. The summed E-state index contributed by atoms with van der Waals surface area (Å²) in [5.41, 5.74) is 0. The number of unbranched alkanes of at least 4 members (excludes halogenated alkanes) is 39. The van der Waals surface area contributed by atoms with Crippen LogP contribution in [0.1, 0.15) is 316 Å². The zero-order valence-electron chi connectivity index (χ0n) is 42.6. The van der Waals surface area contributed by atoms with Gasteiger partial charge < -0.3 is 14.2 Å². The maximum absolute atomic E-state index is 12.5. The number of hydrogen-bond acceptors (Lipinski definition) is 6. The minimum absolute atomic E-state index is 0.0668. The van der Waals surface area contributed by atoms with E-state index in [1.165, 1.54) is 205 Å². The van der Waals surface area contributed by atoms with Crippen molar-refractivity contribution in [3.8, 4) is 0 Å². The van der Waals surface area contributed by atoms with Crippen LogP contribution in [0.5, 0.6) is 0 Å². The molecule has 0 heterocycles. The lowest BCUT2D eigenvalue weighted by Gasteiger charge is -2.18. The van der Waals surface area contributed by atoms with Crippen LogP contribution in [0.3, 0.4) is 0 Å². The molecule has 1 atom stereocenters. The van der Waals surface area contributed by atoms with E-state index in [1.807, 2.05) is 0 Å². The highest BCUT2D eigenvalue weighted by atomic mass is 16.6. The Labute approximate surface area is 392 Å². The summed E-state index contributed by atoms with van der Waals surface area (Å²) in [4.78, 5) is 37.2. The highest BCUT2D eigenvalue weighted by Crippen LogP contribution is 2.17. The second-order valence-corrected chi connectivity index (χ2v) is 19.2. The van der Waals surface area contributed by atoms with E-state index >= 15 is 0 Å². The van der Waals surface area contributed by atoms with Gasteiger partial charge in [0.15, 0.2) is 6.10 Å². The fourth-order valence-corrected chi connectivity index (χ4v) is 8.50. The molecule has 0 radical (unpaired) electrons. The summed E-state index contributed by atoms with van der Waals surface area (Å²) in [5.74, 6) is -0.884. The van der Waals surface area contributed by atoms with Crippen molar-refractivity contribution in [2.75, 3.05) is 13.2 Å². The maximum atomic E-state index is 12.5. The molecule has 0 saturated carbocycles. The first-order valence-electron chi connectivity index (χ1n) is 28.2. The van der Waals surface area contributed by atoms with E-state index in [4.69, 9.17) is 14.2 Å². The molecule has 1 unspecified atom stereocenters. The fraction of sp³-hybridized carbons (Fsp3) is 0.912. The molecule has 63 heavy (non-hydrogen) atoms. The van der Waals surface area contributed by atoms with Crippen LogP contribution in [0.25, 0.3) is 0 Å². The zero-order valence-corrected chi connectivity index (χ0v) is 42.6. The Kier molecular flexibility index (Phi) is 51.2. The van der Waals surface area contributed by atoms with E-state index in [0.717, 1.165) is 70.6 Å². The highest BCUT2D eigenvalue weighted by Gasteiger charge is 2.19. The molecule has 0 aromatic carbocycles. The van der Waals surface area contributed by atoms with Gasteiger partial charge in [-0.1, -0.05) is 264 Å². The lowest BCUT2D eigenvalue weighted by molar-refractivity contribution is -0.167. The molecule has 0 fully saturated rings. The number of carbonyl (C=O) groups excluding carboxylic acids is 3. The van der Waals surface area contributed by atoms with Crippen LogP contribution in [-0.4, -0.2) is 37.2 Å². The minimum atomic E-state index is -0.757. The zero-order chi connectivity index (χ0) is 45.8. The Balaban J connectivity index is 3.63. The number of rotatable bonds is 52. The van der Waals surface area contributed by atoms with E-state index in [0.29, 0.717) is 19.3 Å². The van der Waals surface area contributed by atoms with Crippen LogP contribution in [0.15, 0.2) is 12.2 Å². The standard InChI is InChI=1S/C57H108O6/c1-4-7-10-13-14-15-16-17-18-19-20-21-22-23-24-25-26-27-28-29-30-31-32-33-34-35-36-37-38-39-40-41-42-45-47-50-56(59)62-53-54(63-57(60)51-48-44-12-9-6-3)52-61-55(58)49-46-43-11-8-5-2/h19-20,54H,4-18,21-53H2,1-3H3/b20-19-. The quantitative estimate of drug-likeness (QED) is 0.0262.